The van der Waals surface area contributed by atoms with Crippen molar-refractivity contribution in [2.24, 2.45) is 11.1 Å². The van der Waals surface area contributed by atoms with Gasteiger partial charge in [0, 0.05) is 31.2 Å². The van der Waals surface area contributed by atoms with E-state index in [1.807, 2.05) is 43.0 Å². The van der Waals surface area contributed by atoms with Crippen molar-refractivity contribution in [3.63, 3.8) is 0 Å². The van der Waals surface area contributed by atoms with Crippen LogP contribution in [-0.2, 0) is 4.79 Å². The van der Waals surface area contributed by atoms with Crippen LogP contribution in [0.5, 0.6) is 5.75 Å². The zero-order valence-electron chi connectivity index (χ0n) is 20.5. The molecular weight excluding hydrogens is 473 g/mol. The molecule has 0 spiro atoms. The molecule has 2 aliphatic rings. The minimum absolute atomic E-state index is 0.0720. The summed E-state index contributed by atoms with van der Waals surface area (Å²) in [4.78, 5) is 33.2. The van der Waals surface area contributed by atoms with E-state index in [1.165, 1.54) is 4.90 Å². The van der Waals surface area contributed by atoms with Crippen LogP contribution in [0.15, 0.2) is 36.4 Å². The number of primary amides is 1. The van der Waals surface area contributed by atoms with E-state index in [2.05, 4.69) is 4.98 Å². The van der Waals surface area contributed by atoms with Gasteiger partial charge in [-0.2, -0.15) is 13.2 Å². The van der Waals surface area contributed by atoms with E-state index in [-0.39, 0.29) is 44.2 Å². The number of carbonyl (C=O) groups is 2. The molecule has 7 nitrogen and oxygen atoms in total. The van der Waals surface area contributed by atoms with Gasteiger partial charge in [0.1, 0.15) is 11.2 Å². The van der Waals surface area contributed by atoms with Gasteiger partial charge in [0.2, 0.25) is 5.91 Å². The minimum Gasteiger partial charge on any atom is -0.493 e. The normalized spacial score (nSPS) is 19.5. The van der Waals surface area contributed by atoms with Crippen molar-refractivity contribution >= 4 is 17.5 Å². The third-order valence-electron chi connectivity index (χ3n) is 7.28. The number of nitrogens with two attached hydrogens (primary N) is 1. The highest BCUT2D eigenvalue weighted by Crippen LogP contribution is 2.54. The molecule has 194 valence electrons. The fourth-order valence-electron chi connectivity index (χ4n) is 5.13. The Hall–Kier alpha value is -3.30. The number of nitrogens with zero attached hydrogens (tertiary/aromatic N) is 3. The Bertz CT molecular complexity index is 1130. The third-order valence-corrected chi connectivity index (χ3v) is 7.28. The van der Waals surface area contributed by atoms with Gasteiger partial charge >= 0.3 is 6.18 Å². The van der Waals surface area contributed by atoms with E-state index in [0.29, 0.717) is 42.1 Å². The fraction of sp³-hybridized carbons (Fsp3) is 0.500. The highest BCUT2D eigenvalue weighted by molar-refractivity contribution is 5.97. The Kier molecular flexibility index (Phi) is 7.15. The molecule has 2 aromatic rings. The average Bonchev–Trinajstić information content (AvgIpc) is 2.82. The molecule has 1 aliphatic heterocycles. The molecule has 2 N–H and O–H groups in total. The maximum Gasteiger partial charge on any atom is 0.403 e. The van der Waals surface area contributed by atoms with Crippen molar-refractivity contribution in [2.75, 3.05) is 31.1 Å². The molecule has 2 heterocycles. The molecule has 36 heavy (non-hydrogen) atoms. The Morgan fingerprint density at radius 2 is 1.86 bits per heavy atom. The molecule has 2 amide bonds. The Balaban J connectivity index is 1.62. The summed E-state index contributed by atoms with van der Waals surface area (Å²) >= 11 is 0. The summed E-state index contributed by atoms with van der Waals surface area (Å²) in [6.07, 6.45) is -3.91. The summed E-state index contributed by atoms with van der Waals surface area (Å²) in [6.45, 7) is 4.78. The number of amides is 2. The number of anilines is 1. The average molecular weight is 505 g/mol. The molecular formula is C26H31F3N4O3. The van der Waals surface area contributed by atoms with E-state index < -0.39 is 23.4 Å². The van der Waals surface area contributed by atoms with Crippen molar-refractivity contribution in [1.29, 1.82) is 0 Å². The number of halogens is 3. The van der Waals surface area contributed by atoms with Gasteiger partial charge in [-0.3, -0.25) is 9.59 Å². The number of alkyl halides is 3. The monoisotopic (exact) mass is 504 g/mol. The number of para-hydroxylation sites is 1. The first kappa shape index (κ1) is 25.8. The van der Waals surface area contributed by atoms with Crippen molar-refractivity contribution < 1.29 is 27.5 Å². The van der Waals surface area contributed by atoms with Crippen LogP contribution in [0.25, 0.3) is 11.3 Å². The largest absolute Gasteiger partial charge is 0.493 e. The van der Waals surface area contributed by atoms with E-state index >= 15 is 0 Å². The summed E-state index contributed by atoms with van der Waals surface area (Å²) in [7, 11) is 0. The fourth-order valence-corrected chi connectivity index (χ4v) is 5.13. The molecule has 10 heteroatoms. The molecule has 1 atom stereocenters. The topological polar surface area (TPSA) is 88.8 Å². The number of pyridine rings is 1. The second-order valence-corrected chi connectivity index (χ2v) is 9.30. The van der Waals surface area contributed by atoms with Crippen molar-refractivity contribution in [3.05, 3.63) is 42.1 Å². The van der Waals surface area contributed by atoms with Crippen LogP contribution in [0.4, 0.5) is 18.9 Å². The molecule has 0 radical (unpaired) electrons. The van der Waals surface area contributed by atoms with Crippen LogP contribution in [0.3, 0.4) is 0 Å². The first-order chi connectivity index (χ1) is 17.1. The summed E-state index contributed by atoms with van der Waals surface area (Å²) in [5, 5.41) is 0. The number of carbonyl (C=O) groups excluding carboxylic acids is 2. The predicted molar refractivity (Wildman–Crippen MR) is 130 cm³/mol. The van der Waals surface area contributed by atoms with Crippen LogP contribution < -0.4 is 15.4 Å². The standard InChI is InChI=1S/C26H31F3N4O3/c1-3-17-16-32(24(35)25(12-7-13-25)26(27,28)29)14-15-33(17)20-11-10-19(31-22(20)23(30)34)18-8-5-6-9-21(18)36-4-2/h5-6,8-11,17H,3-4,7,12-16H2,1-2H3,(H2,30,34)/t17-/m1/s1. The van der Waals surface area contributed by atoms with Gasteiger partial charge in [-0.1, -0.05) is 25.5 Å². The summed E-state index contributed by atoms with van der Waals surface area (Å²) in [5.41, 5.74) is 5.27. The van der Waals surface area contributed by atoms with E-state index in [9.17, 15) is 22.8 Å². The molecule has 1 aliphatic carbocycles. The zero-order chi connectivity index (χ0) is 26.1. The van der Waals surface area contributed by atoms with Gasteiger partial charge in [0.25, 0.3) is 5.91 Å². The van der Waals surface area contributed by atoms with Gasteiger partial charge in [-0.15, -0.1) is 0 Å². The molecule has 0 unspecified atom stereocenters. The quantitative estimate of drug-likeness (QED) is 0.604. The molecule has 2 fully saturated rings. The Labute approximate surface area is 208 Å². The van der Waals surface area contributed by atoms with Gasteiger partial charge in [0.15, 0.2) is 5.69 Å². The van der Waals surface area contributed by atoms with E-state index in [0.717, 1.165) is 0 Å². The van der Waals surface area contributed by atoms with Gasteiger partial charge in [0.05, 0.1) is 18.0 Å². The predicted octanol–water partition coefficient (Wildman–Crippen LogP) is 4.41. The number of ether oxygens (including phenoxy) is 1. The van der Waals surface area contributed by atoms with Crippen LogP contribution in [0.2, 0.25) is 0 Å². The molecule has 0 bridgehead atoms. The molecule has 1 saturated heterocycles. The number of hydrogen-bond donors (Lipinski definition) is 1. The van der Waals surface area contributed by atoms with E-state index in [1.54, 1.807) is 12.1 Å². The lowest BCUT2D eigenvalue weighted by atomic mass is 9.67. The van der Waals surface area contributed by atoms with Crippen LogP contribution in [0, 0.1) is 5.41 Å². The maximum absolute atomic E-state index is 13.8. The minimum atomic E-state index is -4.56. The highest BCUT2D eigenvalue weighted by atomic mass is 19.4. The molecule has 1 saturated carbocycles. The maximum atomic E-state index is 13.8. The van der Waals surface area contributed by atoms with Crippen molar-refractivity contribution in [3.8, 4) is 17.0 Å². The Morgan fingerprint density at radius 1 is 1.14 bits per heavy atom. The lowest BCUT2D eigenvalue weighted by Gasteiger charge is -2.48. The lowest BCUT2D eigenvalue weighted by Crippen LogP contribution is -2.62. The molecule has 4 rings (SSSR count). The summed E-state index contributed by atoms with van der Waals surface area (Å²) < 4.78 is 46.9. The Morgan fingerprint density at radius 3 is 2.44 bits per heavy atom. The second kappa shape index (κ2) is 9.99. The number of rotatable bonds is 7. The first-order valence-electron chi connectivity index (χ1n) is 12.3. The zero-order valence-corrected chi connectivity index (χ0v) is 20.5. The van der Waals surface area contributed by atoms with Crippen molar-refractivity contribution in [1.82, 2.24) is 9.88 Å². The summed E-state index contributed by atoms with van der Waals surface area (Å²) in [5.74, 6) is -0.918. The first-order valence-corrected chi connectivity index (χ1v) is 12.3. The highest BCUT2D eigenvalue weighted by Gasteiger charge is 2.64. The number of benzene rings is 1. The summed E-state index contributed by atoms with van der Waals surface area (Å²) in [6, 6.07) is 10.6. The van der Waals surface area contributed by atoms with Crippen molar-refractivity contribution in [2.45, 2.75) is 51.7 Å². The van der Waals surface area contributed by atoms with Gasteiger partial charge in [-0.25, -0.2) is 4.98 Å². The number of hydrogen-bond acceptors (Lipinski definition) is 5. The van der Waals surface area contributed by atoms with Gasteiger partial charge < -0.3 is 20.3 Å². The number of aromatic nitrogens is 1. The lowest BCUT2D eigenvalue weighted by molar-refractivity contribution is -0.248. The molecule has 1 aromatic heterocycles. The van der Waals surface area contributed by atoms with Crippen LogP contribution in [0.1, 0.15) is 50.0 Å². The van der Waals surface area contributed by atoms with E-state index in [4.69, 9.17) is 10.5 Å². The second-order valence-electron chi connectivity index (χ2n) is 9.30. The smallest absolute Gasteiger partial charge is 0.403 e. The van der Waals surface area contributed by atoms with Gasteiger partial charge in [-0.05, 0) is 50.5 Å². The van der Waals surface area contributed by atoms with Crippen LogP contribution in [-0.4, -0.2) is 60.2 Å². The third kappa shape index (κ3) is 4.49. The molecule has 1 aromatic carbocycles. The SMILES string of the molecule is CCOc1ccccc1-c1ccc(N2CCN(C(=O)C3(C(F)(F)F)CCC3)C[C@H]2CC)c(C(N)=O)n1. The van der Waals surface area contributed by atoms with Crippen LogP contribution >= 0.6 is 0 Å². The number of piperazine rings is 1.